The smallest absolute Gasteiger partial charge is 0.306 e. The van der Waals surface area contributed by atoms with Crippen molar-refractivity contribution in [3.8, 4) is 0 Å². The van der Waals surface area contributed by atoms with E-state index in [0.29, 0.717) is 17.4 Å². The van der Waals surface area contributed by atoms with Gasteiger partial charge in [0.2, 0.25) is 0 Å². The average Bonchev–Trinajstić information content (AvgIpc) is 3.26. The molecule has 64 heavy (non-hydrogen) atoms. The fraction of sp³-hybridized carbons (Fsp3) is 0.618. The fourth-order valence-corrected chi connectivity index (χ4v) is 6.00. The van der Waals surface area contributed by atoms with E-state index in [1.165, 1.54) is 6.42 Å². The van der Waals surface area contributed by atoms with Crippen LogP contribution in [0.1, 0.15) is 162 Å². The number of carboxylic acids is 1. The molecule has 0 aliphatic carbocycles. The summed E-state index contributed by atoms with van der Waals surface area (Å²) >= 11 is 0. The third-order valence-corrected chi connectivity index (χ3v) is 9.78. The number of aliphatic carboxylic acids is 1. The van der Waals surface area contributed by atoms with Crippen LogP contribution in [0.2, 0.25) is 0 Å². The van der Waals surface area contributed by atoms with Gasteiger partial charge in [0.05, 0.1) is 40.3 Å². The standard InChI is InChI=1S/C55H89NO8/c1-6-8-10-12-14-15-16-17-18-19-20-21-22-23-24-25-26-27-28-29-30-31-32-33-34-35-36-37-38-39-40-42-44-46-53(58)64-51(49-62-52(57)45-43-41-13-11-9-7-2)50-63-55(54(59)60)61-48-47-56(3,4)5/h8,10,14-15,17-18,20-21,23-24,26-27,29-30,32-33,35-36,51,55H,6-7,9,11-13,16,19,22,25,28,31,34,37-50H2,1-5H3/b10-8-,15-14-,18-17-,21-20-,24-23-,27-26-,30-29-,33-32-,36-35-. The summed E-state index contributed by atoms with van der Waals surface area (Å²) in [6, 6.07) is 0. The van der Waals surface area contributed by atoms with Gasteiger partial charge in [0.1, 0.15) is 13.2 Å². The Bertz CT molecular complexity index is 1410. The zero-order valence-electron chi connectivity index (χ0n) is 40.9. The Morgan fingerprint density at radius 3 is 1.33 bits per heavy atom. The zero-order chi connectivity index (χ0) is 47.0. The van der Waals surface area contributed by atoms with Gasteiger partial charge in [-0.05, 0) is 83.5 Å². The Morgan fingerprint density at radius 1 is 0.484 bits per heavy atom. The minimum atomic E-state index is -1.63. The van der Waals surface area contributed by atoms with Crippen molar-refractivity contribution < 1.29 is 42.9 Å². The number of unbranched alkanes of at least 4 members (excludes halogenated alkanes) is 10. The topological polar surface area (TPSA) is 111 Å². The first-order chi connectivity index (χ1) is 31.1. The molecule has 0 saturated heterocycles. The third-order valence-electron chi connectivity index (χ3n) is 9.78. The van der Waals surface area contributed by atoms with Gasteiger partial charge in [0, 0.05) is 12.8 Å². The summed E-state index contributed by atoms with van der Waals surface area (Å²) in [4.78, 5) is 36.7. The van der Waals surface area contributed by atoms with E-state index in [1.54, 1.807) is 0 Å². The van der Waals surface area contributed by atoms with Crippen LogP contribution in [0.3, 0.4) is 0 Å². The molecule has 0 bridgehead atoms. The molecule has 0 rings (SSSR count). The summed E-state index contributed by atoms with van der Waals surface area (Å²) in [6.07, 6.45) is 58.8. The number of esters is 2. The molecular formula is C55H89NO8. The number of quaternary nitrogens is 1. The van der Waals surface area contributed by atoms with Crippen molar-refractivity contribution in [3.05, 3.63) is 109 Å². The number of hydrogen-bond acceptors (Lipinski definition) is 8. The lowest BCUT2D eigenvalue weighted by molar-refractivity contribution is -0.870. The molecule has 0 aliphatic heterocycles. The number of carboxylic acid groups (broad SMARTS) is 1. The maximum absolute atomic E-state index is 12.7. The zero-order valence-corrected chi connectivity index (χ0v) is 40.9. The van der Waals surface area contributed by atoms with E-state index in [1.807, 2.05) is 21.1 Å². The van der Waals surface area contributed by atoms with Crippen LogP contribution in [0.25, 0.3) is 0 Å². The Labute approximate surface area is 390 Å². The summed E-state index contributed by atoms with van der Waals surface area (Å²) in [6.45, 7) is 4.50. The fourth-order valence-electron chi connectivity index (χ4n) is 6.00. The van der Waals surface area contributed by atoms with Crippen LogP contribution in [0, 0.1) is 0 Å². The van der Waals surface area contributed by atoms with Gasteiger partial charge in [-0.1, -0.05) is 175 Å². The molecule has 0 spiro atoms. The van der Waals surface area contributed by atoms with Gasteiger partial charge in [-0.3, -0.25) is 9.59 Å². The van der Waals surface area contributed by atoms with Crippen molar-refractivity contribution >= 4 is 17.9 Å². The maximum atomic E-state index is 12.7. The van der Waals surface area contributed by atoms with E-state index in [9.17, 15) is 19.5 Å². The van der Waals surface area contributed by atoms with Crippen molar-refractivity contribution in [1.29, 1.82) is 0 Å². The second-order valence-corrected chi connectivity index (χ2v) is 17.0. The number of rotatable bonds is 43. The van der Waals surface area contributed by atoms with Crippen LogP contribution in [-0.4, -0.2) is 82.3 Å². The van der Waals surface area contributed by atoms with Crippen LogP contribution >= 0.6 is 0 Å². The molecule has 0 aromatic heterocycles. The number of allylic oxidation sites excluding steroid dienone is 18. The number of hydrogen-bond donors (Lipinski definition) is 0. The molecule has 9 heteroatoms. The number of ether oxygens (including phenoxy) is 4. The van der Waals surface area contributed by atoms with Gasteiger partial charge < -0.3 is 33.3 Å². The first-order valence-corrected chi connectivity index (χ1v) is 24.5. The van der Waals surface area contributed by atoms with Gasteiger partial charge in [0.25, 0.3) is 0 Å². The third kappa shape index (κ3) is 46.0. The minimum absolute atomic E-state index is 0.138. The van der Waals surface area contributed by atoms with Crippen LogP contribution in [-0.2, 0) is 33.3 Å². The number of carbonyl (C=O) groups is 3. The van der Waals surface area contributed by atoms with Crippen LogP contribution in [0.4, 0.5) is 0 Å². The Morgan fingerprint density at radius 2 is 0.891 bits per heavy atom. The predicted molar refractivity (Wildman–Crippen MR) is 264 cm³/mol. The first kappa shape index (κ1) is 60.0. The van der Waals surface area contributed by atoms with E-state index in [-0.39, 0.29) is 38.6 Å². The summed E-state index contributed by atoms with van der Waals surface area (Å²) in [5, 5.41) is 11.7. The van der Waals surface area contributed by atoms with Crippen LogP contribution < -0.4 is 5.11 Å². The van der Waals surface area contributed by atoms with Gasteiger partial charge in [-0.25, -0.2) is 0 Å². The molecule has 0 radical (unpaired) electrons. The second-order valence-electron chi connectivity index (χ2n) is 17.0. The van der Waals surface area contributed by atoms with E-state index in [0.717, 1.165) is 122 Å². The van der Waals surface area contributed by atoms with E-state index < -0.39 is 24.3 Å². The number of carbonyl (C=O) groups excluding carboxylic acids is 3. The van der Waals surface area contributed by atoms with Gasteiger partial charge in [-0.15, -0.1) is 0 Å². The number of nitrogens with zero attached hydrogens (tertiary/aromatic N) is 1. The Balaban J connectivity index is 4.21. The van der Waals surface area contributed by atoms with E-state index in [4.69, 9.17) is 18.9 Å². The molecule has 0 aliphatic rings. The molecule has 0 N–H and O–H groups in total. The molecule has 0 fully saturated rings. The van der Waals surface area contributed by atoms with E-state index in [2.05, 4.69) is 123 Å². The monoisotopic (exact) mass is 892 g/mol. The van der Waals surface area contributed by atoms with Gasteiger partial charge >= 0.3 is 11.9 Å². The largest absolute Gasteiger partial charge is 0.545 e. The summed E-state index contributed by atoms with van der Waals surface area (Å²) in [7, 11) is 5.88. The Kier molecular flexibility index (Phi) is 42.6. The lowest BCUT2D eigenvalue weighted by atomic mass is 10.1. The first-order valence-electron chi connectivity index (χ1n) is 24.5. The van der Waals surface area contributed by atoms with E-state index >= 15 is 0 Å². The molecular weight excluding hydrogens is 803 g/mol. The molecule has 9 nitrogen and oxygen atoms in total. The lowest BCUT2D eigenvalue weighted by Crippen LogP contribution is -2.44. The lowest BCUT2D eigenvalue weighted by Gasteiger charge is -2.26. The minimum Gasteiger partial charge on any atom is -0.545 e. The highest BCUT2D eigenvalue weighted by Gasteiger charge is 2.21. The van der Waals surface area contributed by atoms with Gasteiger partial charge in [-0.2, -0.15) is 0 Å². The molecule has 0 aromatic carbocycles. The molecule has 2 unspecified atom stereocenters. The van der Waals surface area contributed by atoms with Crippen molar-refractivity contribution in [1.82, 2.24) is 0 Å². The van der Waals surface area contributed by atoms with Crippen molar-refractivity contribution in [2.75, 3.05) is 47.5 Å². The average molecular weight is 892 g/mol. The second kappa shape index (κ2) is 45.5. The Hall–Kier alpha value is -4.05. The molecule has 2 atom stereocenters. The van der Waals surface area contributed by atoms with Crippen molar-refractivity contribution in [2.24, 2.45) is 0 Å². The van der Waals surface area contributed by atoms with Crippen LogP contribution in [0.5, 0.6) is 0 Å². The highest BCUT2D eigenvalue weighted by Crippen LogP contribution is 2.12. The molecule has 0 aromatic rings. The summed E-state index contributed by atoms with van der Waals surface area (Å²) < 4.78 is 22.4. The molecule has 362 valence electrons. The number of likely N-dealkylation sites (N-methyl/N-ethyl adjacent to an activating group) is 1. The molecule has 0 heterocycles. The highest BCUT2D eigenvalue weighted by molar-refractivity contribution is 5.70. The summed E-state index contributed by atoms with van der Waals surface area (Å²) in [5.74, 6) is -2.34. The van der Waals surface area contributed by atoms with Crippen molar-refractivity contribution in [2.45, 2.75) is 174 Å². The van der Waals surface area contributed by atoms with Crippen molar-refractivity contribution in [3.63, 3.8) is 0 Å². The maximum Gasteiger partial charge on any atom is 0.306 e. The molecule has 0 saturated carbocycles. The van der Waals surface area contributed by atoms with Crippen LogP contribution in [0.15, 0.2) is 109 Å². The van der Waals surface area contributed by atoms with Gasteiger partial charge in [0.15, 0.2) is 12.4 Å². The summed E-state index contributed by atoms with van der Waals surface area (Å²) in [5.41, 5.74) is 0. The quantitative estimate of drug-likeness (QED) is 0.0196. The molecule has 0 amide bonds. The highest BCUT2D eigenvalue weighted by atomic mass is 16.7. The predicted octanol–water partition coefficient (Wildman–Crippen LogP) is 12.3. The SMILES string of the molecule is CC/C=C\C/C=C\C/C=C\C/C=C\C/C=C\C/C=C\C/C=C\C/C=C\C/C=C\CCCCCCCC(=O)OC(COC(=O)CCCCCCCC)COC(OCC[N+](C)(C)C)C(=O)[O-]. The normalized spacial score (nSPS) is 13.8.